The number of phosphoric ester groups is 1. The van der Waals surface area contributed by atoms with Gasteiger partial charge in [0.25, 0.3) is 0 Å². The molecule has 1 aromatic heterocycles. The van der Waals surface area contributed by atoms with Gasteiger partial charge in [-0.3, -0.25) is 9.09 Å². The molecule has 0 aromatic carbocycles. The Labute approximate surface area is 88.4 Å². The van der Waals surface area contributed by atoms with Gasteiger partial charge < -0.3 is 15.3 Å². The molecule has 2 fully saturated rings. The predicted molar refractivity (Wildman–Crippen MR) is 44.2 cm³/mol. The van der Waals surface area contributed by atoms with Gasteiger partial charge in [0.05, 0.1) is 6.33 Å². The molecule has 0 saturated carbocycles. The lowest BCUT2D eigenvalue weighted by Gasteiger charge is -2.35. The number of aromatic nitrogens is 2. The van der Waals surface area contributed by atoms with Crippen molar-refractivity contribution in [2.24, 2.45) is 0 Å². The van der Waals surface area contributed by atoms with Crippen LogP contribution in [0.25, 0.3) is 0 Å². The molecule has 1 aromatic rings. The summed E-state index contributed by atoms with van der Waals surface area (Å²) in [5.41, 5.74) is 0. The summed E-state index contributed by atoms with van der Waals surface area (Å²) in [7, 11) is -4.16. The van der Waals surface area contributed by atoms with E-state index in [0.29, 0.717) is 0 Å². The summed E-state index contributed by atoms with van der Waals surface area (Å²) in [6.45, 7) is 0. The van der Waals surface area contributed by atoms with Crippen molar-refractivity contribution in [2.75, 3.05) is 0 Å². The molecule has 2 aliphatic rings. The second-order valence-corrected chi connectivity index (χ2v) is 4.83. The number of hydrogen-bond donors (Lipinski definition) is 3. The molecule has 16 heavy (non-hydrogen) atoms. The first kappa shape index (κ1) is 10.4. The van der Waals surface area contributed by atoms with Crippen molar-refractivity contribution in [1.82, 2.24) is 9.55 Å². The normalized spacial score (nSPS) is 51.1. The molecule has 0 spiro atoms. The van der Waals surface area contributed by atoms with Gasteiger partial charge in [-0.15, -0.1) is 0 Å². The lowest BCUT2D eigenvalue weighted by atomic mass is 10.2. The lowest BCUT2D eigenvalue weighted by molar-refractivity contribution is -0.393. The molecule has 4 unspecified atom stereocenters. The quantitative estimate of drug-likeness (QED) is 0.524. The van der Waals surface area contributed by atoms with E-state index in [1.807, 2.05) is 0 Å². The molecule has 3 rings (SSSR count). The highest BCUT2D eigenvalue weighted by Crippen LogP contribution is 2.72. The van der Waals surface area contributed by atoms with Crippen LogP contribution in [-0.2, 0) is 24.0 Å². The number of phosphoric acid groups is 1. The zero-order chi connectivity index (χ0) is 11.6. The standard InChI is InChI=1S/C6H7N2O7P/c9-4-5(10)6(11,8-2-1-7-3-8)15-16(12,13-4)14-5/h1-4,9-11H. The molecule has 88 valence electrons. The third kappa shape index (κ3) is 1.01. The zero-order valence-electron chi connectivity index (χ0n) is 7.63. The van der Waals surface area contributed by atoms with Gasteiger partial charge in [-0.1, -0.05) is 0 Å². The summed E-state index contributed by atoms with van der Waals surface area (Å²) in [5, 5.41) is 29.3. The first-order chi connectivity index (χ1) is 7.40. The molecule has 3 N–H and O–H groups in total. The van der Waals surface area contributed by atoms with Crippen LogP contribution in [0.2, 0.25) is 0 Å². The zero-order valence-corrected chi connectivity index (χ0v) is 8.52. The van der Waals surface area contributed by atoms with Crippen LogP contribution in [0.5, 0.6) is 0 Å². The van der Waals surface area contributed by atoms with Crippen LogP contribution >= 0.6 is 7.82 Å². The summed E-state index contributed by atoms with van der Waals surface area (Å²) >= 11 is 0. The van der Waals surface area contributed by atoms with Crippen molar-refractivity contribution < 1.29 is 33.5 Å². The van der Waals surface area contributed by atoms with E-state index < -0.39 is 25.8 Å². The molecule has 0 amide bonds. The number of nitrogens with zero attached hydrogens (tertiary/aromatic N) is 2. The predicted octanol–water partition coefficient (Wildman–Crippen LogP) is -1.32. The van der Waals surface area contributed by atoms with E-state index in [1.165, 1.54) is 12.4 Å². The molecule has 4 atom stereocenters. The van der Waals surface area contributed by atoms with Crippen LogP contribution in [0.15, 0.2) is 18.7 Å². The Hall–Kier alpha value is -0.800. The minimum absolute atomic E-state index is 0.901. The monoisotopic (exact) mass is 250 g/mol. The van der Waals surface area contributed by atoms with Gasteiger partial charge in [-0.2, -0.15) is 0 Å². The fourth-order valence-electron chi connectivity index (χ4n) is 1.58. The summed E-state index contributed by atoms with van der Waals surface area (Å²) in [4.78, 5) is 3.62. The van der Waals surface area contributed by atoms with Crippen molar-refractivity contribution in [2.45, 2.75) is 18.0 Å². The van der Waals surface area contributed by atoms with Crippen LogP contribution < -0.4 is 0 Å². The van der Waals surface area contributed by atoms with Gasteiger partial charge in [0, 0.05) is 12.4 Å². The average molecular weight is 250 g/mol. The number of aliphatic hydroxyl groups excluding tert-OH is 1. The summed E-state index contributed by atoms with van der Waals surface area (Å²) < 4.78 is 26.0. The SMILES string of the molecule is O=P12OC(O)C(O)(O1)C(O)(n1ccnc1)O2. The van der Waals surface area contributed by atoms with Crippen LogP contribution in [0.1, 0.15) is 0 Å². The van der Waals surface area contributed by atoms with Crippen molar-refractivity contribution in [1.29, 1.82) is 0 Å². The van der Waals surface area contributed by atoms with Gasteiger partial charge in [-0.05, 0) is 0 Å². The van der Waals surface area contributed by atoms with E-state index in [-0.39, 0.29) is 0 Å². The van der Waals surface area contributed by atoms with Crippen molar-refractivity contribution in [3.8, 4) is 0 Å². The third-order valence-electron chi connectivity index (χ3n) is 2.37. The van der Waals surface area contributed by atoms with Gasteiger partial charge in [0.1, 0.15) is 0 Å². The molecule has 2 saturated heterocycles. The number of hydrogen-bond acceptors (Lipinski definition) is 8. The molecule has 9 nitrogen and oxygen atoms in total. The molecule has 0 radical (unpaired) electrons. The molecule has 2 aliphatic heterocycles. The van der Waals surface area contributed by atoms with E-state index in [9.17, 15) is 19.9 Å². The molecule has 2 bridgehead atoms. The highest BCUT2D eigenvalue weighted by molar-refractivity contribution is 7.49. The van der Waals surface area contributed by atoms with Crippen molar-refractivity contribution in [3.63, 3.8) is 0 Å². The van der Waals surface area contributed by atoms with E-state index in [2.05, 4.69) is 18.6 Å². The van der Waals surface area contributed by atoms with E-state index in [4.69, 9.17) is 0 Å². The number of imidazole rings is 1. The van der Waals surface area contributed by atoms with Gasteiger partial charge in [0.15, 0.2) is 0 Å². The van der Waals surface area contributed by atoms with E-state index >= 15 is 0 Å². The Bertz CT molecular complexity index is 477. The first-order valence-corrected chi connectivity index (χ1v) is 5.67. The Kier molecular flexibility index (Phi) is 1.76. The van der Waals surface area contributed by atoms with Crippen LogP contribution in [0.4, 0.5) is 0 Å². The summed E-state index contributed by atoms with van der Waals surface area (Å²) in [6, 6.07) is 0. The fraction of sp³-hybridized carbons (Fsp3) is 0.500. The molecule has 3 heterocycles. The second kappa shape index (κ2) is 2.71. The van der Waals surface area contributed by atoms with E-state index in [0.717, 1.165) is 10.9 Å². The Morgan fingerprint density at radius 2 is 2.19 bits per heavy atom. The Morgan fingerprint density at radius 3 is 2.69 bits per heavy atom. The van der Waals surface area contributed by atoms with Crippen LogP contribution in [0, 0.1) is 0 Å². The molecule has 10 heteroatoms. The number of rotatable bonds is 1. The van der Waals surface area contributed by atoms with Gasteiger partial charge in [0.2, 0.25) is 6.29 Å². The number of aliphatic hydroxyl groups is 3. The molecule has 0 aliphatic carbocycles. The Morgan fingerprint density at radius 1 is 1.44 bits per heavy atom. The summed E-state index contributed by atoms with van der Waals surface area (Å²) in [5.74, 6) is -5.21. The fourth-order valence-corrected chi connectivity index (χ4v) is 3.18. The van der Waals surface area contributed by atoms with E-state index in [1.54, 1.807) is 0 Å². The highest BCUT2D eigenvalue weighted by atomic mass is 31.2. The molecular weight excluding hydrogens is 243 g/mol. The third-order valence-corrected chi connectivity index (χ3v) is 3.81. The Balaban J connectivity index is 2.15. The van der Waals surface area contributed by atoms with Crippen molar-refractivity contribution >= 4 is 7.82 Å². The smallest absolute Gasteiger partial charge is 0.363 e. The minimum Gasteiger partial charge on any atom is -0.363 e. The van der Waals surface area contributed by atoms with Gasteiger partial charge >= 0.3 is 19.5 Å². The first-order valence-electron chi connectivity index (χ1n) is 4.21. The second-order valence-electron chi connectivity index (χ2n) is 3.36. The molecular formula is C6H7N2O7P. The van der Waals surface area contributed by atoms with Crippen LogP contribution in [-0.4, -0.2) is 36.9 Å². The van der Waals surface area contributed by atoms with Crippen molar-refractivity contribution in [3.05, 3.63) is 18.7 Å². The average Bonchev–Trinajstić information content (AvgIpc) is 2.77. The topological polar surface area (TPSA) is 123 Å². The minimum atomic E-state index is -4.16. The maximum absolute atomic E-state index is 11.6. The van der Waals surface area contributed by atoms with Gasteiger partial charge in [-0.25, -0.2) is 18.6 Å². The largest absolute Gasteiger partial charge is 0.484 e. The maximum atomic E-state index is 11.6. The number of fused-ring (bicyclic) bond motifs is 2. The summed E-state index contributed by atoms with van der Waals surface area (Å²) in [6.07, 6.45) is 1.64. The lowest BCUT2D eigenvalue weighted by Crippen LogP contribution is -2.60. The highest BCUT2D eigenvalue weighted by Gasteiger charge is 2.78. The maximum Gasteiger partial charge on any atom is 0.484 e. The van der Waals surface area contributed by atoms with Crippen LogP contribution in [0.3, 0.4) is 0 Å².